The van der Waals surface area contributed by atoms with Crippen molar-refractivity contribution < 1.29 is 0 Å². The second kappa shape index (κ2) is 5.88. The summed E-state index contributed by atoms with van der Waals surface area (Å²) in [4.78, 5) is 0. The van der Waals surface area contributed by atoms with E-state index >= 15 is 0 Å². The van der Waals surface area contributed by atoms with Crippen LogP contribution < -0.4 is 0 Å². The van der Waals surface area contributed by atoms with Crippen molar-refractivity contribution in [3.05, 3.63) is 46.0 Å². The van der Waals surface area contributed by atoms with Gasteiger partial charge in [0.15, 0.2) is 0 Å². The van der Waals surface area contributed by atoms with Crippen LogP contribution in [0.15, 0.2) is 40.4 Å². The Morgan fingerprint density at radius 3 is 2.88 bits per heavy atom. The number of hydrogen-bond donors (Lipinski definition) is 0. The normalized spacial score (nSPS) is 21.4. The van der Waals surface area contributed by atoms with Crippen molar-refractivity contribution in [2.45, 2.75) is 37.5 Å². The fourth-order valence-corrected chi connectivity index (χ4v) is 2.90. The molecule has 0 aliphatic heterocycles. The monoisotopic (exact) mass is 298 g/mol. The molecule has 0 N–H and O–H groups in total. The van der Waals surface area contributed by atoms with Gasteiger partial charge in [0.05, 0.1) is 5.38 Å². The molecule has 1 atom stereocenters. The lowest BCUT2D eigenvalue weighted by Gasteiger charge is -2.08. The molecule has 0 nitrogen and oxygen atoms in total. The second-order valence-electron chi connectivity index (χ2n) is 4.35. The minimum atomic E-state index is 0.236. The smallest absolute Gasteiger partial charge is 0.0518 e. The SMILES string of the molecule is ClC1C=C(Cc2ccccc2Br)CCCC1. The number of rotatable bonds is 2. The van der Waals surface area contributed by atoms with E-state index in [1.165, 1.54) is 34.9 Å². The van der Waals surface area contributed by atoms with Crippen molar-refractivity contribution in [2.24, 2.45) is 0 Å². The summed E-state index contributed by atoms with van der Waals surface area (Å²) < 4.78 is 1.20. The van der Waals surface area contributed by atoms with Gasteiger partial charge in [-0.25, -0.2) is 0 Å². The third-order valence-corrected chi connectivity index (χ3v) is 4.14. The van der Waals surface area contributed by atoms with Crippen LogP contribution in [0.4, 0.5) is 0 Å². The molecule has 0 saturated carbocycles. The Kier molecular flexibility index (Phi) is 4.48. The Morgan fingerprint density at radius 2 is 2.06 bits per heavy atom. The molecule has 0 aromatic heterocycles. The van der Waals surface area contributed by atoms with E-state index < -0.39 is 0 Å². The molecule has 86 valence electrons. The van der Waals surface area contributed by atoms with Gasteiger partial charge in [-0.15, -0.1) is 11.6 Å². The van der Waals surface area contributed by atoms with Gasteiger partial charge in [0.1, 0.15) is 0 Å². The summed E-state index contributed by atoms with van der Waals surface area (Å²) in [7, 11) is 0. The van der Waals surface area contributed by atoms with Crippen molar-refractivity contribution in [3.8, 4) is 0 Å². The molecule has 0 spiro atoms. The molecule has 0 bridgehead atoms. The van der Waals surface area contributed by atoms with Crippen LogP contribution in [0.2, 0.25) is 0 Å². The standard InChI is InChI=1S/C14H16BrCl/c15-14-8-4-2-6-12(14)9-11-5-1-3-7-13(16)10-11/h2,4,6,8,10,13H,1,3,5,7,9H2. The summed E-state index contributed by atoms with van der Waals surface area (Å²) in [6.45, 7) is 0. The van der Waals surface area contributed by atoms with Gasteiger partial charge in [-0.2, -0.15) is 0 Å². The van der Waals surface area contributed by atoms with Gasteiger partial charge in [-0.3, -0.25) is 0 Å². The van der Waals surface area contributed by atoms with Crippen LogP contribution in [0, 0.1) is 0 Å². The highest BCUT2D eigenvalue weighted by molar-refractivity contribution is 9.10. The first kappa shape index (κ1) is 12.2. The molecule has 16 heavy (non-hydrogen) atoms. The summed E-state index contributed by atoms with van der Waals surface area (Å²) in [5.41, 5.74) is 2.85. The number of allylic oxidation sites excluding steroid dienone is 2. The molecule has 1 aliphatic rings. The molecule has 0 saturated heterocycles. The van der Waals surface area contributed by atoms with E-state index in [9.17, 15) is 0 Å². The van der Waals surface area contributed by atoms with E-state index in [-0.39, 0.29) is 5.38 Å². The highest BCUT2D eigenvalue weighted by Crippen LogP contribution is 2.26. The van der Waals surface area contributed by atoms with Gasteiger partial charge in [-0.05, 0) is 37.3 Å². The maximum Gasteiger partial charge on any atom is 0.0518 e. The minimum absolute atomic E-state index is 0.236. The molecule has 0 amide bonds. The van der Waals surface area contributed by atoms with Crippen LogP contribution >= 0.6 is 27.5 Å². The van der Waals surface area contributed by atoms with Crippen LogP contribution in [0.1, 0.15) is 31.2 Å². The lowest BCUT2D eigenvalue weighted by atomic mass is 10.0. The number of hydrogen-bond acceptors (Lipinski definition) is 0. The lowest BCUT2D eigenvalue weighted by Crippen LogP contribution is -1.95. The van der Waals surface area contributed by atoms with E-state index in [1.54, 1.807) is 0 Å². The average Bonchev–Trinajstić information content (AvgIpc) is 2.46. The third kappa shape index (κ3) is 3.36. The predicted octanol–water partition coefficient (Wildman–Crippen LogP) is 5.10. The van der Waals surface area contributed by atoms with Crippen LogP contribution in [-0.2, 0) is 6.42 Å². The van der Waals surface area contributed by atoms with Crippen LogP contribution in [0.3, 0.4) is 0 Å². The van der Waals surface area contributed by atoms with Gasteiger partial charge in [0, 0.05) is 4.47 Å². The van der Waals surface area contributed by atoms with Gasteiger partial charge in [-0.1, -0.05) is 52.2 Å². The van der Waals surface area contributed by atoms with Crippen LogP contribution in [0.5, 0.6) is 0 Å². The van der Waals surface area contributed by atoms with E-state index in [4.69, 9.17) is 11.6 Å². The third-order valence-electron chi connectivity index (χ3n) is 3.02. The van der Waals surface area contributed by atoms with Gasteiger partial charge < -0.3 is 0 Å². The Labute approximate surface area is 111 Å². The first-order chi connectivity index (χ1) is 7.75. The van der Waals surface area contributed by atoms with Crippen molar-refractivity contribution in [1.82, 2.24) is 0 Å². The van der Waals surface area contributed by atoms with Gasteiger partial charge in [0.2, 0.25) is 0 Å². The average molecular weight is 300 g/mol. The number of benzene rings is 1. The quantitative estimate of drug-likeness (QED) is 0.526. The van der Waals surface area contributed by atoms with Crippen molar-refractivity contribution in [3.63, 3.8) is 0 Å². The number of halogens is 2. The first-order valence-electron chi connectivity index (χ1n) is 5.83. The topological polar surface area (TPSA) is 0 Å². The summed E-state index contributed by atoms with van der Waals surface area (Å²) in [6, 6.07) is 8.43. The molecule has 1 aliphatic carbocycles. The summed E-state index contributed by atoms with van der Waals surface area (Å²) in [6.07, 6.45) is 8.15. The van der Waals surface area contributed by atoms with Crippen molar-refractivity contribution in [2.75, 3.05) is 0 Å². The zero-order valence-electron chi connectivity index (χ0n) is 9.26. The second-order valence-corrected chi connectivity index (χ2v) is 5.77. The van der Waals surface area contributed by atoms with Gasteiger partial charge in [0.25, 0.3) is 0 Å². The molecule has 0 heterocycles. The van der Waals surface area contributed by atoms with Gasteiger partial charge >= 0.3 is 0 Å². The Morgan fingerprint density at radius 1 is 1.25 bits per heavy atom. The molecular weight excluding hydrogens is 284 g/mol. The summed E-state index contributed by atoms with van der Waals surface area (Å²) >= 11 is 9.83. The predicted molar refractivity (Wildman–Crippen MR) is 74.0 cm³/mol. The summed E-state index contributed by atoms with van der Waals surface area (Å²) in [5.74, 6) is 0. The largest absolute Gasteiger partial charge is 0.118 e. The Hall–Kier alpha value is -0.270. The lowest BCUT2D eigenvalue weighted by molar-refractivity contribution is 0.710. The van der Waals surface area contributed by atoms with Crippen molar-refractivity contribution >= 4 is 27.5 Å². The first-order valence-corrected chi connectivity index (χ1v) is 7.05. The highest BCUT2D eigenvalue weighted by Gasteiger charge is 2.10. The fourth-order valence-electron chi connectivity index (χ4n) is 2.15. The fraction of sp³-hybridized carbons (Fsp3) is 0.429. The molecule has 2 rings (SSSR count). The van der Waals surface area contributed by atoms with E-state index in [2.05, 4.69) is 46.3 Å². The molecular formula is C14H16BrCl. The molecule has 1 aromatic carbocycles. The zero-order valence-corrected chi connectivity index (χ0v) is 11.6. The summed E-state index contributed by atoms with van der Waals surface area (Å²) in [5, 5.41) is 0.236. The molecule has 1 unspecified atom stereocenters. The Balaban J connectivity index is 2.11. The molecule has 1 aromatic rings. The van der Waals surface area contributed by atoms with E-state index in [0.29, 0.717) is 0 Å². The van der Waals surface area contributed by atoms with Crippen LogP contribution in [-0.4, -0.2) is 5.38 Å². The molecule has 2 heteroatoms. The minimum Gasteiger partial charge on any atom is -0.118 e. The van der Waals surface area contributed by atoms with E-state index in [1.807, 2.05) is 0 Å². The molecule has 0 fully saturated rings. The van der Waals surface area contributed by atoms with Crippen molar-refractivity contribution in [1.29, 1.82) is 0 Å². The van der Waals surface area contributed by atoms with E-state index in [0.717, 1.165) is 12.8 Å². The highest BCUT2D eigenvalue weighted by atomic mass is 79.9. The number of alkyl halides is 1. The molecule has 0 radical (unpaired) electrons. The Bertz CT molecular complexity index is 384. The zero-order chi connectivity index (χ0) is 11.4. The van der Waals surface area contributed by atoms with Crippen LogP contribution in [0.25, 0.3) is 0 Å². The maximum atomic E-state index is 6.23. The maximum absolute atomic E-state index is 6.23.